The lowest BCUT2D eigenvalue weighted by Gasteiger charge is -2.58. The molecule has 0 aromatic carbocycles. The van der Waals surface area contributed by atoms with Crippen LogP contribution in [0.25, 0.3) is 0 Å². The number of hydrogen-bond acceptors (Lipinski definition) is 3. The van der Waals surface area contributed by atoms with Gasteiger partial charge in [-0.3, -0.25) is 0 Å². The second kappa shape index (κ2) is 6.58. The van der Waals surface area contributed by atoms with E-state index < -0.39 is 0 Å². The molecule has 2 aliphatic heterocycles. The third-order valence-corrected chi connectivity index (χ3v) is 11.3. The molecule has 3 nitrogen and oxygen atoms in total. The van der Waals surface area contributed by atoms with E-state index in [1.54, 1.807) is 5.57 Å². The fourth-order valence-electron chi connectivity index (χ4n) is 9.66. The second-order valence-electron chi connectivity index (χ2n) is 12.7. The highest BCUT2D eigenvalue weighted by molar-refractivity contribution is 5.26. The Bertz CT molecular complexity index is 736. The van der Waals surface area contributed by atoms with Crippen molar-refractivity contribution in [3.63, 3.8) is 0 Å². The maximum atomic E-state index is 10.3. The molecule has 2 heterocycles. The number of fused-ring (bicyclic) bond motifs is 7. The lowest BCUT2D eigenvalue weighted by atomic mass is 9.47. The van der Waals surface area contributed by atoms with Crippen LogP contribution >= 0.6 is 0 Å². The number of aliphatic hydroxyl groups excluding tert-OH is 1. The molecule has 30 heavy (non-hydrogen) atoms. The Morgan fingerprint density at radius 1 is 1.03 bits per heavy atom. The zero-order valence-electron chi connectivity index (χ0n) is 19.5. The zero-order chi connectivity index (χ0) is 20.9. The Morgan fingerprint density at radius 3 is 2.63 bits per heavy atom. The molecule has 4 aliphatic carbocycles. The summed E-state index contributed by atoms with van der Waals surface area (Å²) >= 11 is 0. The van der Waals surface area contributed by atoms with E-state index in [4.69, 9.17) is 9.47 Å². The van der Waals surface area contributed by atoms with E-state index in [1.807, 2.05) is 0 Å². The van der Waals surface area contributed by atoms with E-state index in [9.17, 15) is 5.11 Å². The largest absolute Gasteiger partial charge is 0.393 e. The first-order chi connectivity index (χ1) is 14.3. The van der Waals surface area contributed by atoms with Crippen molar-refractivity contribution < 1.29 is 14.6 Å². The monoisotopic (exact) mass is 414 g/mol. The quantitative estimate of drug-likeness (QED) is 0.516. The highest BCUT2D eigenvalue weighted by Crippen LogP contribution is 2.70. The van der Waals surface area contributed by atoms with Crippen LogP contribution in [-0.4, -0.2) is 29.7 Å². The van der Waals surface area contributed by atoms with Crippen molar-refractivity contribution in [1.82, 2.24) is 0 Å². The first-order valence-corrected chi connectivity index (χ1v) is 13.0. The molecule has 1 N–H and O–H groups in total. The van der Waals surface area contributed by atoms with Gasteiger partial charge in [0.15, 0.2) is 5.79 Å². The average molecular weight is 415 g/mol. The molecule has 0 aromatic rings. The lowest BCUT2D eigenvalue weighted by Crippen LogP contribution is -2.52. The van der Waals surface area contributed by atoms with Gasteiger partial charge in [-0.15, -0.1) is 0 Å². The predicted molar refractivity (Wildman–Crippen MR) is 118 cm³/mol. The predicted octanol–water partition coefficient (Wildman–Crippen LogP) is 5.71. The van der Waals surface area contributed by atoms with Gasteiger partial charge < -0.3 is 14.6 Å². The number of allylic oxidation sites excluding steroid dienone is 1. The minimum atomic E-state index is -0.294. The highest BCUT2D eigenvalue weighted by Gasteiger charge is 2.68. The minimum Gasteiger partial charge on any atom is -0.393 e. The lowest BCUT2D eigenvalue weighted by molar-refractivity contribution is -0.272. The van der Waals surface area contributed by atoms with E-state index in [0.29, 0.717) is 34.7 Å². The van der Waals surface area contributed by atoms with Crippen molar-refractivity contribution in [2.45, 2.75) is 103 Å². The molecule has 3 saturated carbocycles. The number of rotatable bonds is 0. The molecule has 11 atom stereocenters. The molecule has 0 bridgehead atoms. The van der Waals surface area contributed by atoms with Crippen LogP contribution in [0.2, 0.25) is 0 Å². The maximum absolute atomic E-state index is 10.3. The number of aliphatic hydroxyl groups is 1. The fourth-order valence-corrected chi connectivity index (χ4v) is 9.66. The summed E-state index contributed by atoms with van der Waals surface area (Å²) in [4.78, 5) is 0. The van der Waals surface area contributed by atoms with Crippen molar-refractivity contribution in [2.24, 2.45) is 46.3 Å². The van der Waals surface area contributed by atoms with Gasteiger partial charge in [0.2, 0.25) is 0 Å². The van der Waals surface area contributed by atoms with Gasteiger partial charge in [0.25, 0.3) is 0 Å². The van der Waals surface area contributed by atoms with E-state index in [0.717, 1.165) is 43.6 Å². The number of ether oxygens (including phenoxy) is 2. The summed E-state index contributed by atoms with van der Waals surface area (Å²) in [5, 5.41) is 10.3. The molecule has 0 aromatic heterocycles. The van der Waals surface area contributed by atoms with Crippen molar-refractivity contribution in [1.29, 1.82) is 0 Å². The third kappa shape index (κ3) is 2.55. The van der Waals surface area contributed by atoms with Crippen LogP contribution in [0.3, 0.4) is 0 Å². The Morgan fingerprint density at radius 2 is 1.87 bits per heavy atom. The average Bonchev–Trinajstić information content (AvgIpc) is 3.16. The molecule has 0 amide bonds. The summed E-state index contributed by atoms with van der Waals surface area (Å²) in [5.74, 6) is 3.94. The molecule has 3 heteroatoms. The molecular weight excluding hydrogens is 372 g/mol. The first-order valence-electron chi connectivity index (χ1n) is 13.0. The molecule has 0 unspecified atom stereocenters. The highest BCUT2D eigenvalue weighted by atomic mass is 16.7. The first kappa shape index (κ1) is 20.2. The van der Waals surface area contributed by atoms with Crippen molar-refractivity contribution in [3.05, 3.63) is 11.6 Å². The molecule has 6 rings (SSSR count). The van der Waals surface area contributed by atoms with Crippen LogP contribution < -0.4 is 0 Å². The summed E-state index contributed by atoms with van der Waals surface area (Å²) in [6.45, 7) is 10.8. The Kier molecular flexibility index (Phi) is 4.44. The molecule has 0 radical (unpaired) electrons. The van der Waals surface area contributed by atoms with E-state index >= 15 is 0 Å². The standard InChI is InChI=1S/C27H42O3/c1-16-7-12-27(29-15-16)17(2)24-23(30-27)14-22-20-6-5-18-13-19(28)8-10-25(18,3)21(20)9-11-26(22,24)4/h5,16-17,19-24,28H,6-15H2,1-4H3/t16-,17-,19+,20+,21-,22-,23-,24-,25+,26+,27+/m1/s1. The molecule has 5 fully saturated rings. The minimum absolute atomic E-state index is 0.107. The molecule has 1 spiro atoms. The van der Waals surface area contributed by atoms with Crippen LogP contribution in [0.4, 0.5) is 0 Å². The number of hydrogen-bond donors (Lipinski definition) is 1. The topological polar surface area (TPSA) is 38.7 Å². The SMILES string of the molecule is C[C@@H]1CC[C@]2(OC1)O[C@@H]1C[C@@H]3[C@H]4CC=C5C[C@@H](O)CC[C@]5(C)[C@@H]4CC[C@]3(C)[C@@H]1[C@H]2C. The van der Waals surface area contributed by atoms with Crippen LogP contribution in [0, 0.1) is 46.3 Å². The van der Waals surface area contributed by atoms with E-state index in [2.05, 4.69) is 33.8 Å². The zero-order valence-corrected chi connectivity index (χ0v) is 19.5. The summed E-state index contributed by atoms with van der Waals surface area (Å²) in [6, 6.07) is 0. The van der Waals surface area contributed by atoms with Gasteiger partial charge in [-0.05, 0) is 91.8 Å². The second-order valence-corrected chi connectivity index (χ2v) is 12.7. The summed E-state index contributed by atoms with van der Waals surface area (Å²) < 4.78 is 13.3. The van der Waals surface area contributed by atoms with Crippen molar-refractivity contribution in [2.75, 3.05) is 6.61 Å². The Balaban J connectivity index is 1.28. The van der Waals surface area contributed by atoms with Gasteiger partial charge in [0.05, 0.1) is 18.8 Å². The van der Waals surface area contributed by atoms with E-state index in [-0.39, 0.29) is 11.9 Å². The van der Waals surface area contributed by atoms with Gasteiger partial charge in [-0.2, -0.15) is 0 Å². The van der Waals surface area contributed by atoms with Crippen molar-refractivity contribution >= 4 is 0 Å². The molecule has 6 aliphatic rings. The van der Waals surface area contributed by atoms with Crippen molar-refractivity contribution in [3.8, 4) is 0 Å². The van der Waals surface area contributed by atoms with Gasteiger partial charge in [0.1, 0.15) is 0 Å². The third-order valence-electron chi connectivity index (χ3n) is 11.3. The summed E-state index contributed by atoms with van der Waals surface area (Å²) in [5.41, 5.74) is 2.31. The molecular formula is C27H42O3. The summed E-state index contributed by atoms with van der Waals surface area (Å²) in [6.07, 6.45) is 13.5. The molecule has 2 saturated heterocycles. The summed E-state index contributed by atoms with van der Waals surface area (Å²) in [7, 11) is 0. The van der Waals surface area contributed by atoms with Gasteiger partial charge in [-0.25, -0.2) is 0 Å². The van der Waals surface area contributed by atoms with Crippen LogP contribution in [0.5, 0.6) is 0 Å². The van der Waals surface area contributed by atoms with Gasteiger partial charge in [0, 0.05) is 12.3 Å². The smallest absolute Gasteiger partial charge is 0.171 e. The van der Waals surface area contributed by atoms with Gasteiger partial charge >= 0.3 is 0 Å². The Labute approximate surface area is 183 Å². The van der Waals surface area contributed by atoms with Crippen LogP contribution in [-0.2, 0) is 9.47 Å². The normalized spacial score (nSPS) is 59.8. The van der Waals surface area contributed by atoms with Crippen LogP contribution in [0.15, 0.2) is 11.6 Å². The van der Waals surface area contributed by atoms with Crippen LogP contribution in [0.1, 0.15) is 85.5 Å². The Hall–Kier alpha value is -0.380. The molecule has 168 valence electrons. The van der Waals surface area contributed by atoms with Gasteiger partial charge in [-0.1, -0.05) is 39.3 Å². The fraction of sp³-hybridized carbons (Fsp3) is 0.926. The van der Waals surface area contributed by atoms with E-state index in [1.165, 1.54) is 38.5 Å². The maximum Gasteiger partial charge on any atom is 0.171 e.